The van der Waals surface area contributed by atoms with E-state index in [-0.39, 0.29) is 6.42 Å². The predicted octanol–water partition coefficient (Wildman–Crippen LogP) is 11.9. The predicted molar refractivity (Wildman–Crippen MR) is 191 cm³/mol. The second-order valence-electron chi connectivity index (χ2n) is 13.7. The van der Waals surface area contributed by atoms with Crippen LogP contribution < -0.4 is 5.11 Å². The van der Waals surface area contributed by atoms with Gasteiger partial charge in [-0.05, 0) is 70.6 Å². The van der Waals surface area contributed by atoms with Crippen molar-refractivity contribution in [1.82, 2.24) is 0 Å². The van der Waals surface area contributed by atoms with Crippen molar-refractivity contribution in [3.63, 3.8) is 0 Å². The molecule has 0 aliphatic carbocycles. The molecule has 0 saturated carbocycles. The molecule has 0 heterocycles. The average Bonchev–Trinajstić information content (AvgIpc) is 2.98. The molecular formula is C40H79NO2. The summed E-state index contributed by atoms with van der Waals surface area (Å²) < 4.78 is 1.24. The van der Waals surface area contributed by atoms with E-state index in [9.17, 15) is 9.90 Å². The Balaban J connectivity index is 0. The molecule has 0 amide bonds. The maximum Gasteiger partial charge on any atom is 0.0782 e. The minimum atomic E-state index is -0.921. The number of carbonyl (C=O) groups is 1. The van der Waals surface area contributed by atoms with Crippen LogP contribution in [0.5, 0.6) is 0 Å². The van der Waals surface area contributed by atoms with Crippen molar-refractivity contribution in [3.8, 4) is 0 Å². The van der Waals surface area contributed by atoms with Gasteiger partial charge in [-0.15, -0.1) is 0 Å². The minimum Gasteiger partial charge on any atom is -0.550 e. The quantitative estimate of drug-likeness (QED) is 0.0435. The van der Waals surface area contributed by atoms with Crippen molar-refractivity contribution < 1.29 is 14.4 Å². The molecule has 0 fully saturated rings. The van der Waals surface area contributed by atoms with Gasteiger partial charge in [-0.25, -0.2) is 0 Å². The van der Waals surface area contributed by atoms with Gasteiger partial charge in [0.1, 0.15) is 0 Å². The number of hydrogen-bond donors (Lipinski definition) is 0. The number of quaternary nitrogens is 1. The lowest BCUT2D eigenvalue weighted by molar-refractivity contribution is -0.890. The molecular weight excluding hydrogens is 526 g/mol. The molecule has 0 aliphatic rings. The van der Waals surface area contributed by atoms with E-state index in [1.54, 1.807) is 0 Å². The highest BCUT2D eigenvalue weighted by Crippen LogP contribution is 2.13. The fourth-order valence-electron chi connectivity index (χ4n) is 5.54. The molecule has 0 saturated heterocycles. The van der Waals surface area contributed by atoms with E-state index >= 15 is 0 Å². The van der Waals surface area contributed by atoms with Crippen molar-refractivity contribution in [2.24, 2.45) is 0 Å². The first-order valence-corrected chi connectivity index (χ1v) is 19.2. The molecule has 0 aliphatic heterocycles. The van der Waals surface area contributed by atoms with E-state index in [2.05, 4.69) is 59.2 Å². The van der Waals surface area contributed by atoms with Crippen LogP contribution in [0.25, 0.3) is 0 Å². The highest BCUT2D eigenvalue weighted by atomic mass is 16.4. The van der Waals surface area contributed by atoms with Gasteiger partial charge in [0.05, 0.1) is 27.2 Å². The van der Waals surface area contributed by atoms with Crippen molar-refractivity contribution in [2.45, 2.75) is 201 Å². The van der Waals surface area contributed by atoms with Gasteiger partial charge >= 0.3 is 0 Å². The van der Waals surface area contributed by atoms with Gasteiger partial charge in [-0.1, -0.05) is 154 Å². The van der Waals surface area contributed by atoms with Gasteiger partial charge in [0.15, 0.2) is 0 Å². The van der Waals surface area contributed by atoms with Gasteiger partial charge in [0, 0.05) is 5.97 Å². The molecule has 0 unspecified atom stereocenters. The summed E-state index contributed by atoms with van der Waals surface area (Å²) in [4.78, 5) is 10.2. The molecule has 0 bridgehead atoms. The molecule has 0 rings (SSSR count). The Morgan fingerprint density at radius 2 is 0.791 bits per heavy atom. The van der Waals surface area contributed by atoms with E-state index < -0.39 is 5.97 Å². The third-order valence-electron chi connectivity index (χ3n) is 8.57. The zero-order valence-electron chi connectivity index (χ0n) is 30.3. The first kappa shape index (κ1) is 44.0. The van der Waals surface area contributed by atoms with Crippen molar-refractivity contribution >= 4 is 5.97 Å². The SMILES string of the molecule is CCCCC/C=C\C/C=C\CCCCCCCC(=O)[O-].CCCCCCCCCC[N+](C)(C)CCCCCCCCCC. The zero-order chi connectivity index (χ0) is 32.1. The molecule has 0 radical (unpaired) electrons. The van der Waals surface area contributed by atoms with Gasteiger partial charge in [0.25, 0.3) is 0 Å². The number of rotatable bonds is 32. The molecule has 3 heteroatoms. The first-order chi connectivity index (χ1) is 20.9. The summed E-state index contributed by atoms with van der Waals surface area (Å²) in [6.45, 7) is 9.59. The third kappa shape index (κ3) is 43.1. The van der Waals surface area contributed by atoms with Gasteiger partial charge in [0.2, 0.25) is 0 Å². The molecule has 0 aromatic heterocycles. The number of allylic oxidation sites excluding steroid dienone is 4. The van der Waals surface area contributed by atoms with Crippen LogP contribution in [0.15, 0.2) is 24.3 Å². The van der Waals surface area contributed by atoms with Crippen molar-refractivity contribution in [3.05, 3.63) is 24.3 Å². The lowest BCUT2D eigenvalue weighted by atomic mass is 10.1. The Morgan fingerprint density at radius 3 is 1.21 bits per heavy atom. The molecule has 0 N–H and O–H groups in total. The Bertz CT molecular complexity index is 573. The summed E-state index contributed by atoms with van der Waals surface area (Å²) in [7, 11) is 4.87. The lowest BCUT2D eigenvalue weighted by Crippen LogP contribution is -2.41. The van der Waals surface area contributed by atoms with Crippen LogP contribution in [0.1, 0.15) is 201 Å². The summed E-state index contributed by atoms with van der Waals surface area (Å²) in [5, 5.41) is 10.2. The molecule has 256 valence electrons. The van der Waals surface area contributed by atoms with Crippen LogP contribution in [-0.2, 0) is 4.79 Å². The average molecular weight is 606 g/mol. The molecule has 0 atom stereocenters. The highest BCUT2D eigenvalue weighted by Gasteiger charge is 2.13. The third-order valence-corrected chi connectivity index (χ3v) is 8.57. The zero-order valence-corrected chi connectivity index (χ0v) is 30.3. The van der Waals surface area contributed by atoms with Crippen LogP contribution in [0.2, 0.25) is 0 Å². The van der Waals surface area contributed by atoms with Gasteiger partial charge < -0.3 is 14.4 Å². The van der Waals surface area contributed by atoms with Crippen LogP contribution >= 0.6 is 0 Å². The number of carboxylic acids is 1. The highest BCUT2D eigenvalue weighted by molar-refractivity contribution is 5.64. The topological polar surface area (TPSA) is 40.1 Å². The van der Waals surface area contributed by atoms with E-state index in [0.29, 0.717) is 0 Å². The molecule has 0 spiro atoms. The second kappa shape index (κ2) is 37.1. The Morgan fingerprint density at radius 1 is 0.465 bits per heavy atom. The van der Waals surface area contributed by atoms with Crippen LogP contribution in [0.3, 0.4) is 0 Å². The molecule has 43 heavy (non-hydrogen) atoms. The summed E-state index contributed by atoms with van der Waals surface area (Å²) >= 11 is 0. The maximum atomic E-state index is 10.2. The first-order valence-electron chi connectivity index (χ1n) is 19.2. The summed E-state index contributed by atoms with van der Waals surface area (Å²) in [5.74, 6) is -0.921. The van der Waals surface area contributed by atoms with E-state index in [1.807, 2.05) is 0 Å². The molecule has 0 aromatic carbocycles. The monoisotopic (exact) mass is 606 g/mol. The largest absolute Gasteiger partial charge is 0.550 e. The van der Waals surface area contributed by atoms with E-state index in [4.69, 9.17) is 0 Å². The normalized spacial score (nSPS) is 11.8. The minimum absolute atomic E-state index is 0.213. The van der Waals surface area contributed by atoms with Crippen LogP contribution in [0, 0.1) is 0 Å². The lowest BCUT2D eigenvalue weighted by Gasteiger charge is -2.30. The summed E-state index contributed by atoms with van der Waals surface area (Å²) in [6, 6.07) is 0. The van der Waals surface area contributed by atoms with Crippen LogP contribution in [0.4, 0.5) is 0 Å². The van der Waals surface area contributed by atoms with E-state index in [0.717, 1.165) is 32.1 Å². The fraction of sp³-hybridized carbons (Fsp3) is 0.875. The maximum absolute atomic E-state index is 10.2. The fourth-order valence-corrected chi connectivity index (χ4v) is 5.54. The number of nitrogens with zero attached hydrogens (tertiary/aromatic N) is 1. The summed E-state index contributed by atoms with van der Waals surface area (Å²) in [6.07, 6.45) is 45.0. The standard InChI is InChI=1S/C22H48N.C18H32O2/c1-5-7-9-11-13-15-17-19-21-23(3,4)22-20-18-16-14-12-10-8-6-2;1-2-3-4-5-6-7-8-9-10-11-12-13-14-15-16-17-18(19)20/h5-22H2,1-4H3;6-7,9-10H,2-5,8,11-17H2,1H3,(H,19,20)/q+1;/p-1/b;7-6-,10-9-. The number of carboxylic acid groups (broad SMARTS) is 1. The Hall–Kier alpha value is -1.09. The summed E-state index contributed by atoms with van der Waals surface area (Å²) in [5.41, 5.74) is 0. The molecule has 0 aromatic rings. The van der Waals surface area contributed by atoms with Crippen molar-refractivity contribution in [2.75, 3.05) is 27.2 Å². The number of carbonyl (C=O) groups excluding carboxylic acids is 1. The Kier molecular flexibility index (Phi) is 38.0. The Labute approximate surface area is 272 Å². The number of hydrogen-bond acceptors (Lipinski definition) is 2. The van der Waals surface area contributed by atoms with Crippen molar-refractivity contribution in [1.29, 1.82) is 0 Å². The smallest absolute Gasteiger partial charge is 0.0782 e. The second-order valence-corrected chi connectivity index (χ2v) is 13.7. The van der Waals surface area contributed by atoms with Crippen LogP contribution in [-0.4, -0.2) is 37.6 Å². The number of aliphatic carboxylic acids is 1. The number of unbranched alkanes of at least 4 members (excludes halogenated alkanes) is 22. The van der Waals surface area contributed by atoms with Gasteiger partial charge in [-0.2, -0.15) is 0 Å². The van der Waals surface area contributed by atoms with E-state index in [1.165, 1.54) is 159 Å². The van der Waals surface area contributed by atoms with Gasteiger partial charge in [-0.3, -0.25) is 0 Å². The molecule has 3 nitrogen and oxygen atoms in total.